The maximum absolute atomic E-state index is 12.7. The highest BCUT2D eigenvalue weighted by Gasteiger charge is 2.23. The van der Waals surface area contributed by atoms with Crippen molar-refractivity contribution in [3.8, 4) is 22.6 Å². The summed E-state index contributed by atoms with van der Waals surface area (Å²) in [7, 11) is 0. The first-order valence-corrected chi connectivity index (χ1v) is 11.1. The van der Waals surface area contributed by atoms with Gasteiger partial charge >= 0.3 is 5.97 Å². The number of halogens is 1. The Balaban J connectivity index is 1.40. The summed E-state index contributed by atoms with van der Waals surface area (Å²) < 4.78 is 5.44. The molecule has 0 saturated heterocycles. The van der Waals surface area contributed by atoms with Crippen LogP contribution in [0.4, 0.5) is 5.13 Å². The van der Waals surface area contributed by atoms with Crippen molar-refractivity contribution in [2.75, 3.05) is 5.32 Å². The summed E-state index contributed by atoms with van der Waals surface area (Å²) in [4.78, 5) is 36.8. The molecule has 2 heterocycles. The van der Waals surface area contributed by atoms with E-state index in [9.17, 15) is 9.59 Å². The summed E-state index contributed by atoms with van der Waals surface area (Å²) in [5, 5.41) is 5.52. The van der Waals surface area contributed by atoms with Crippen molar-refractivity contribution in [3.63, 3.8) is 0 Å². The molecule has 0 bridgehead atoms. The van der Waals surface area contributed by atoms with Gasteiger partial charge < -0.3 is 9.72 Å². The van der Waals surface area contributed by atoms with E-state index < -0.39 is 18.0 Å². The SMILES string of the molecule is CCC(OC(=O)c1ccc(-c2ncc[nH]2)cc1)C(=O)Nc1nc(-c2ccccc2Cl)cs1. The molecule has 4 rings (SSSR count). The number of benzene rings is 2. The number of aromatic amines is 1. The van der Waals surface area contributed by atoms with E-state index in [1.807, 2.05) is 23.6 Å². The van der Waals surface area contributed by atoms with Gasteiger partial charge in [0.15, 0.2) is 11.2 Å². The largest absolute Gasteiger partial charge is 0.449 e. The first kappa shape index (κ1) is 21.7. The van der Waals surface area contributed by atoms with Crippen LogP contribution in [-0.4, -0.2) is 32.9 Å². The van der Waals surface area contributed by atoms with Gasteiger partial charge in [0.05, 0.1) is 11.3 Å². The highest BCUT2D eigenvalue weighted by atomic mass is 35.5. The van der Waals surface area contributed by atoms with E-state index in [1.165, 1.54) is 11.3 Å². The third-order valence-corrected chi connectivity index (χ3v) is 5.78. The Morgan fingerprint density at radius 1 is 1.19 bits per heavy atom. The predicted molar refractivity (Wildman–Crippen MR) is 125 cm³/mol. The number of carbonyl (C=O) groups excluding carboxylic acids is 2. The molecule has 2 aromatic carbocycles. The first-order valence-electron chi connectivity index (χ1n) is 9.87. The number of nitrogens with zero attached hydrogens (tertiary/aromatic N) is 2. The molecule has 2 aromatic heterocycles. The molecule has 1 unspecified atom stereocenters. The minimum atomic E-state index is -0.945. The van der Waals surface area contributed by atoms with Gasteiger partial charge in [0.25, 0.3) is 5.91 Å². The summed E-state index contributed by atoms with van der Waals surface area (Å²) >= 11 is 7.49. The minimum absolute atomic E-state index is 0.324. The Morgan fingerprint density at radius 3 is 2.66 bits per heavy atom. The van der Waals surface area contributed by atoms with Gasteiger partial charge in [-0.3, -0.25) is 10.1 Å². The molecular weight excluding hydrogens is 448 g/mol. The Labute approximate surface area is 193 Å². The van der Waals surface area contributed by atoms with Crippen LogP contribution in [0.3, 0.4) is 0 Å². The number of imidazole rings is 1. The van der Waals surface area contributed by atoms with Crippen LogP contribution in [0.2, 0.25) is 5.02 Å². The van der Waals surface area contributed by atoms with E-state index in [4.69, 9.17) is 16.3 Å². The standard InChI is InChI=1S/C23H19ClN4O3S/c1-2-19(31-22(30)15-9-7-14(8-10-15)20-25-11-12-26-20)21(29)28-23-27-18(13-32-23)16-5-3-4-6-17(16)24/h3-13,19H,2H2,1H3,(H,25,26)(H,27,28,29). The number of rotatable bonds is 7. The zero-order valence-electron chi connectivity index (χ0n) is 17.0. The number of nitrogens with one attached hydrogen (secondary N) is 2. The van der Waals surface area contributed by atoms with Gasteiger partial charge in [-0.1, -0.05) is 48.9 Å². The van der Waals surface area contributed by atoms with E-state index in [0.717, 1.165) is 11.1 Å². The molecule has 1 atom stereocenters. The van der Waals surface area contributed by atoms with Crippen LogP contribution in [0.1, 0.15) is 23.7 Å². The lowest BCUT2D eigenvalue weighted by atomic mass is 10.1. The third-order valence-electron chi connectivity index (χ3n) is 4.69. The number of esters is 1. The second kappa shape index (κ2) is 9.76. The molecule has 32 heavy (non-hydrogen) atoms. The maximum atomic E-state index is 12.7. The Kier molecular flexibility index (Phi) is 6.63. The molecule has 1 amide bonds. The van der Waals surface area contributed by atoms with Crippen molar-refractivity contribution >= 4 is 39.9 Å². The minimum Gasteiger partial charge on any atom is -0.449 e. The smallest absolute Gasteiger partial charge is 0.338 e. The zero-order valence-corrected chi connectivity index (χ0v) is 18.6. The predicted octanol–water partition coefficient (Wildman–Crippen LogP) is 5.43. The van der Waals surface area contributed by atoms with E-state index in [2.05, 4.69) is 20.3 Å². The van der Waals surface area contributed by atoms with Gasteiger partial charge in [-0.2, -0.15) is 0 Å². The van der Waals surface area contributed by atoms with Crippen molar-refractivity contribution in [1.82, 2.24) is 15.0 Å². The summed E-state index contributed by atoms with van der Waals surface area (Å²) in [5.74, 6) is -0.308. The summed E-state index contributed by atoms with van der Waals surface area (Å²) in [6.07, 6.45) is 2.76. The topological polar surface area (TPSA) is 97.0 Å². The highest BCUT2D eigenvalue weighted by molar-refractivity contribution is 7.14. The lowest BCUT2D eigenvalue weighted by Crippen LogP contribution is -2.32. The molecule has 4 aromatic rings. The van der Waals surface area contributed by atoms with E-state index in [0.29, 0.717) is 33.7 Å². The van der Waals surface area contributed by atoms with Crippen LogP contribution in [0.5, 0.6) is 0 Å². The number of hydrogen-bond acceptors (Lipinski definition) is 6. The number of hydrogen-bond donors (Lipinski definition) is 2. The fourth-order valence-corrected chi connectivity index (χ4v) is 3.96. The van der Waals surface area contributed by atoms with Crippen molar-refractivity contribution in [2.45, 2.75) is 19.4 Å². The van der Waals surface area contributed by atoms with E-state index in [1.54, 1.807) is 49.6 Å². The molecular formula is C23H19ClN4O3S. The van der Waals surface area contributed by atoms with E-state index >= 15 is 0 Å². The number of aromatic nitrogens is 3. The fraction of sp³-hybridized carbons (Fsp3) is 0.130. The molecule has 0 saturated carbocycles. The molecule has 0 aliphatic rings. The van der Waals surface area contributed by atoms with Gasteiger partial charge in [0.1, 0.15) is 5.82 Å². The number of ether oxygens (including phenoxy) is 1. The van der Waals surface area contributed by atoms with Crippen LogP contribution in [-0.2, 0) is 9.53 Å². The molecule has 2 N–H and O–H groups in total. The van der Waals surface area contributed by atoms with Crippen LogP contribution in [0, 0.1) is 0 Å². The number of thiazole rings is 1. The van der Waals surface area contributed by atoms with Gasteiger partial charge in [-0.15, -0.1) is 11.3 Å². The normalized spacial score (nSPS) is 11.7. The van der Waals surface area contributed by atoms with E-state index in [-0.39, 0.29) is 0 Å². The molecule has 7 nitrogen and oxygen atoms in total. The second-order valence-electron chi connectivity index (χ2n) is 6.82. The summed E-state index contributed by atoms with van der Waals surface area (Å²) in [6, 6.07) is 14.2. The fourth-order valence-electron chi connectivity index (χ4n) is 3.02. The Hall–Kier alpha value is -3.49. The van der Waals surface area contributed by atoms with Crippen molar-refractivity contribution in [1.29, 1.82) is 0 Å². The van der Waals surface area contributed by atoms with Crippen molar-refractivity contribution < 1.29 is 14.3 Å². The summed E-state index contributed by atoms with van der Waals surface area (Å²) in [5.41, 5.74) is 2.64. The van der Waals surface area contributed by atoms with Crippen LogP contribution in [0.25, 0.3) is 22.6 Å². The molecule has 162 valence electrons. The highest BCUT2D eigenvalue weighted by Crippen LogP contribution is 2.30. The molecule has 0 aliphatic heterocycles. The van der Waals surface area contributed by atoms with Crippen LogP contribution in [0.15, 0.2) is 66.3 Å². The molecule has 9 heteroatoms. The van der Waals surface area contributed by atoms with Gasteiger partial charge in [-0.25, -0.2) is 14.8 Å². The van der Waals surface area contributed by atoms with Gasteiger partial charge in [0, 0.05) is 33.9 Å². The third kappa shape index (κ3) is 4.87. The van der Waals surface area contributed by atoms with Crippen molar-refractivity contribution in [2.24, 2.45) is 0 Å². The lowest BCUT2D eigenvalue weighted by molar-refractivity contribution is -0.124. The first-order chi connectivity index (χ1) is 15.5. The number of carbonyl (C=O) groups is 2. The lowest BCUT2D eigenvalue weighted by Gasteiger charge is -2.15. The monoisotopic (exact) mass is 466 g/mol. The summed E-state index contributed by atoms with van der Waals surface area (Å²) in [6.45, 7) is 1.77. The second-order valence-corrected chi connectivity index (χ2v) is 8.09. The number of amides is 1. The maximum Gasteiger partial charge on any atom is 0.338 e. The van der Waals surface area contributed by atoms with Crippen LogP contribution >= 0.6 is 22.9 Å². The Morgan fingerprint density at radius 2 is 1.97 bits per heavy atom. The number of H-pyrrole nitrogens is 1. The molecule has 0 aliphatic carbocycles. The average molecular weight is 467 g/mol. The number of anilines is 1. The average Bonchev–Trinajstić information content (AvgIpc) is 3.50. The molecule has 0 fully saturated rings. The Bertz CT molecular complexity index is 1220. The molecule has 0 spiro atoms. The molecule has 0 radical (unpaired) electrons. The zero-order chi connectivity index (χ0) is 22.5. The van der Waals surface area contributed by atoms with Gasteiger partial charge in [-0.05, 0) is 24.6 Å². The quantitative estimate of drug-likeness (QED) is 0.354. The van der Waals surface area contributed by atoms with Crippen LogP contribution < -0.4 is 5.32 Å². The van der Waals surface area contributed by atoms with Crippen molar-refractivity contribution in [3.05, 3.63) is 76.9 Å². The van der Waals surface area contributed by atoms with Gasteiger partial charge in [0.2, 0.25) is 0 Å².